The van der Waals surface area contributed by atoms with E-state index in [2.05, 4.69) is 37.7 Å². The van der Waals surface area contributed by atoms with Crippen molar-refractivity contribution < 1.29 is 4.79 Å². The minimum absolute atomic E-state index is 0.281. The van der Waals surface area contributed by atoms with E-state index in [9.17, 15) is 4.79 Å². The van der Waals surface area contributed by atoms with Crippen molar-refractivity contribution in [2.24, 2.45) is 5.92 Å². The third kappa shape index (κ3) is 2.11. The Bertz CT molecular complexity index is 448. The molecule has 18 heavy (non-hydrogen) atoms. The number of fused-ring (bicyclic) bond motifs is 2. The molecule has 0 amide bonds. The molecule has 2 heteroatoms. The average Bonchev–Trinajstić information content (AvgIpc) is 2.68. The van der Waals surface area contributed by atoms with Crippen LogP contribution in [0, 0.1) is 19.8 Å². The van der Waals surface area contributed by atoms with Crippen LogP contribution in [0.25, 0.3) is 0 Å². The van der Waals surface area contributed by atoms with Crippen molar-refractivity contribution >= 4 is 17.5 Å². The number of thioether (sulfide) groups is 1. The van der Waals surface area contributed by atoms with Gasteiger partial charge in [0.1, 0.15) is 0 Å². The number of carbonyl (C=O) groups excluding carboxylic acids is 1. The Labute approximate surface area is 113 Å². The number of benzene rings is 1. The van der Waals surface area contributed by atoms with Crippen LogP contribution in [0.4, 0.5) is 0 Å². The zero-order valence-corrected chi connectivity index (χ0v) is 11.9. The highest BCUT2D eigenvalue weighted by atomic mass is 32.2. The summed E-state index contributed by atoms with van der Waals surface area (Å²) in [6.45, 7) is 4.12. The first kappa shape index (κ1) is 12.3. The van der Waals surface area contributed by atoms with Gasteiger partial charge in [0.05, 0.1) is 0 Å². The van der Waals surface area contributed by atoms with Crippen molar-refractivity contribution in [3.63, 3.8) is 0 Å². The summed E-state index contributed by atoms with van der Waals surface area (Å²) in [4.78, 5) is 12.8. The van der Waals surface area contributed by atoms with E-state index in [4.69, 9.17) is 0 Å². The summed E-state index contributed by atoms with van der Waals surface area (Å²) < 4.78 is 0. The van der Waals surface area contributed by atoms with Gasteiger partial charge in [0, 0.05) is 22.0 Å². The van der Waals surface area contributed by atoms with Crippen molar-refractivity contribution in [1.29, 1.82) is 0 Å². The average molecular weight is 260 g/mol. The normalized spacial score (nSPS) is 30.4. The molecule has 2 aliphatic rings. The highest BCUT2D eigenvalue weighted by molar-refractivity contribution is 8.00. The fraction of sp³-hybridized carbons (Fsp3) is 0.562. The van der Waals surface area contributed by atoms with E-state index >= 15 is 0 Å². The maximum atomic E-state index is 12.8. The molecule has 2 bridgehead atoms. The molecular weight excluding hydrogens is 240 g/mol. The summed E-state index contributed by atoms with van der Waals surface area (Å²) in [6.07, 6.45) is 4.86. The predicted molar refractivity (Wildman–Crippen MR) is 77.4 cm³/mol. The third-order valence-corrected chi connectivity index (χ3v) is 6.01. The van der Waals surface area contributed by atoms with Crippen molar-refractivity contribution in [1.82, 2.24) is 0 Å². The summed E-state index contributed by atoms with van der Waals surface area (Å²) in [5.41, 5.74) is 3.28. The van der Waals surface area contributed by atoms with Crippen LogP contribution in [0.15, 0.2) is 18.2 Å². The summed E-state index contributed by atoms with van der Waals surface area (Å²) in [6, 6.07) is 6.17. The molecule has 96 valence electrons. The maximum Gasteiger partial charge on any atom is 0.166 e. The molecule has 0 aliphatic carbocycles. The Morgan fingerprint density at radius 1 is 1.11 bits per heavy atom. The van der Waals surface area contributed by atoms with Gasteiger partial charge < -0.3 is 0 Å². The molecule has 0 N–H and O–H groups in total. The summed E-state index contributed by atoms with van der Waals surface area (Å²) in [5, 5.41) is 1.50. The van der Waals surface area contributed by atoms with Gasteiger partial charge in [-0.2, -0.15) is 11.8 Å². The molecule has 2 atom stereocenters. The molecular formula is C16H20OS. The minimum atomic E-state index is 0.281. The number of rotatable bonds is 2. The maximum absolute atomic E-state index is 12.8. The second-order valence-electron chi connectivity index (χ2n) is 5.76. The van der Waals surface area contributed by atoms with Crippen LogP contribution in [0.2, 0.25) is 0 Å². The van der Waals surface area contributed by atoms with E-state index < -0.39 is 0 Å². The molecule has 1 aromatic rings. The van der Waals surface area contributed by atoms with Crippen molar-refractivity contribution in [3.05, 3.63) is 34.9 Å². The quantitative estimate of drug-likeness (QED) is 0.743. The first-order chi connectivity index (χ1) is 8.65. The smallest absolute Gasteiger partial charge is 0.166 e. The van der Waals surface area contributed by atoms with Gasteiger partial charge in [-0.25, -0.2) is 0 Å². The highest BCUT2D eigenvalue weighted by Gasteiger charge is 2.38. The standard InChI is InChI=1S/C16H20OS/c1-10-4-3-5-11(2)15(10)16(17)12-8-13-6-7-14(9-12)18-13/h3-5,12-14H,6-9H2,1-2H3. The number of aryl methyl sites for hydroxylation is 2. The van der Waals surface area contributed by atoms with E-state index in [0.717, 1.165) is 40.0 Å². The van der Waals surface area contributed by atoms with Gasteiger partial charge in [0.2, 0.25) is 0 Å². The summed E-state index contributed by atoms with van der Waals surface area (Å²) >= 11 is 2.12. The molecule has 2 aliphatic heterocycles. The molecule has 1 aromatic carbocycles. The fourth-order valence-corrected chi connectivity index (χ4v) is 5.25. The van der Waals surface area contributed by atoms with Crippen LogP contribution in [0.3, 0.4) is 0 Å². The Balaban J connectivity index is 1.86. The summed E-state index contributed by atoms with van der Waals surface area (Å²) in [5.74, 6) is 0.686. The number of Topliss-reactive ketones (excluding diaryl/α,β-unsaturated/α-hetero) is 1. The van der Waals surface area contributed by atoms with Crippen LogP contribution >= 0.6 is 11.8 Å². The minimum Gasteiger partial charge on any atom is -0.294 e. The van der Waals surface area contributed by atoms with Gasteiger partial charge in [-0.05, 0) is 50.7 Å². The molecule has 2 saturated heterocycles. The molecule has 2 heterocycles. The summed E-state index contributed by atoms with van der Waals surface area (Å²) in [7, 11) is 0. The second kappa shape index (κ2) is 4.73. The first-order valence-corrected chi connectivity index (χ1v) is 7.85. The van der Waals surface area contributed by atoms with Crippen molar-refractivity contribution in [2.45, 2.75) is 50.0 Å². The lowest BCUT2D eigenvalue weighted by Crippen LogP contribution is -2.25. The molecule has 3 rings (SSSR count). The van der Waals surface area contributed by atoms with Crippen LogP contribution in [0.5, 0.6) is 0 Å². The van der Waals surface area contributed by atoms with E-state index in [1.807, 2.05) is 6.07 Å². The lowest BCUT2D eigenvalue weighted by Gasteiger charge is -2.27. The number of ketones is 1. The van der Waals surface area contributed by atoms with E-state index in [0.29, 0.717) is 5.78 Å². The Kier molecular flexibility index (Phi) is 3.23. The zero-order chi connectivity index (χ0) is 12.7. The Morgan fingerprint density at radius 2 is 1.67 bits per heavy atom. The van der Waals surface area contributed by atoms with E-state index in [1.54, 1.807) is 0 Å². The Morgan fingerprint density at radius 3 is 2.22 bits per heavy atom. The van der Waals surface area contributed by atoms with Gasteiger partial charge in [-0.3, -0.25) is 4.79 Å². The van der Waals surface area contributed by atoms with Crippen LogP contribution in [-0.2, 0) is 0 Å². The van der Waals surface area contributed by atoms with Gasteiger partial charge >= 0.3 is 0 Å². The van der Waals surface area contributed by atoms with Gasteiger partial charge in [0.25, 0.3) is 0 Å². The van der Waals surface area contributed by atoms with Gasteiger partial charge in [-0.1, -0.05) is 18.2 Å². The highest BCUT2D eigenvalue weighted by Crippen LogP contribution is 2.46. The second-order valence-corrected chi connectivity index (χ2v) is 7.36. The largest absolute Gasteiger partial charge is 0.294 e. The van der Waals surface area contributed by atoms with Gasteiger partial charge in [-0.15, -0.1) is 0 Å². The molecule has 0 radical (unpaired) electrons. The van der Waals surface area contributed by atoms with E-state index in [1.165, 1.54) is 12.8 Å². The topological polar surface area (TPSA) is 17.1 Å². The fourth-order valence-electron chi connectivity index (χ4n) is 3.48. The first-order valence-electron chi connectivity index (χ1n) is 6.91. The van der Waals surface area contributed by atoms with Crippen LogP contribution in [-0.4, -0.2) is 16.3 Å². The van der Waals surface area contributed by atoms with Gasteiger partial charge in [0.15, 0.2) is 5.78 Å². The third-order valence-electron chi connectivity index (χ3n) is 4.39. The lowest BCUT2D eigenvalue weighted by atomic mass is 9.86. The number of carbonyl (C=O) groups is 1. The molecule has 0 spiro atoms. The number of hydrogen-bond donors (Lipinski definition) is 0. The molecule has 2 unspecified atom stereocenters. The molecule has 0 saturated carbocycles. The predicted octanol–water partition coefficient (Wildman–Crippen LogP) is 4.16. The number of hydrogen-bond acceptors (Lipinski definition) is 2. The lowest BCUT2D eigenvalue weighted by molar-refractivity contribution is 0.0905. The molecule has 0 aromatic heterocycles. The SMILES string of the molecule is Cc1cccc(C)c1C(=O)C1CC2CCC(C1)S2. The molecule has 2 fully saturated rings. The van der Waals surface area contributed by atoms with Crippen LogP contribution < -0.4 is 0 Å². The molecule has 1 nitrogen and oxygen atoms in total. The monoisotopic (exact) mass is 260 g/mol. The van der Waals surface area contributed by atoms with Crippen molar-refractivity contribution in [3.8, 4) is 0 Å². The van der Waals surface area contributed by atoms with Crippen molar-refractivity contribution in [2.75, 3.05) is 0 Å². The Hall–Kier alpha value is -0.760. The van der Waals surface area contributed by atoms with E-state index in [-0.39, 0.29) is 5.92 Å². The zero-order valence-electron chi connectivity index (χ0n) is 11.1. The van der Waals surface area contributed by atoms with Crippen LogP contribution in [0.1, 0.15) is 47.2 Å².